The van der Waals surface area contributed by atoms with E-state index in [9.17, 15) is 13.2 Å². The lowest BCUT2D eigenvalue weighted by molar-refractivity contribution is -0.151. The number of carboxylic acids is 1. The third-order valence-corrected chi connectivity index (χ3v) is 4.39. The fraction of sp³-hybridized carbons (Fsp3) is 0.889. The van der Waals surface area contributed by atoms with Crippen LogP contribution in [-0.2, 0) is 14.8 Å². The van der Waals surface area contributed by atoms with Crippen molar-refractivity contribution in [2.24, 2.45) is 5.41 Å². The molecule has 1 aliphatic rings. The van der Waals surface area contributed by atoms with E-state index in [1.807, 2.05) is 0 Å². The largest absolute Gasteiger partial charge is 0.481 e. The second kappa shape index (κ2) is 4.09. The Labute approximate surface area is 90.1 Å². The first-order valence-electron chi connectivity index (χ1n) is 5.00. The molecular formula is C9H17NO4S. The molecule has 0 aromatic rings. The first kappa shape index (κ1) is 12.4. The van der Waals surface area contributed by atoms with Crippen molar-refractivity contribution >= 4 is 16.0 Å². The second-order valence-electron chi connectivity index (χ2n) is 4.14. The van der Waals surface area contributed by atoms with Crippen molar-refractivity contribution in [2.75, 3.05) is 19.3 Å². The van der Waals surface area contributed by atoms with Gasteiger partial charge >= 0.3 is 5.97 Å². The Hall–Kier alpha value is -0.620. The van der Waals surface area contributed by atoms with Crippen LogP contribution in [0.5, 0.6) is 0 Å². The fourth-order valence-electron chi connectivity index (χ4n) is 1.99. The van der Waals surface area contributed by atoms with Crippen LogP contribution in [0.15, 0.2) is 0 Å². The molecule has 1 N–H and O–H groups in total. The number of piperidine rings is 1. The van der Waals surface area contributed by atoms with Crippen molar-refractivity contribution in [1.29, 1.82) is 0 Å². The van der Waals surface area contributed by atoms with Gasteiger partial charge in [-0.1, -0.05) is 6.92 Å². The zero-order valence-electron chi connectivity index (χ0n) is 9.06. The molecule has 6 heteroatoms. The van der Waals surface area contributed by atoms with Crippen LogP contribution in [-0.4, -0.2) is 43.1 Å². The molecule has 0 aromatic heterocycles. The summed E-state index contributed by atoms with van der Waals surface area (Å²) in [6.45, 7) is 2.34. The summed E-state index contributed by atoms with van der Waals surface area (Å²) >= 11 is 0. The maximum Gasteiger partial charge on any atom is 0.310 e. The molecule has 5 nitrogen and oxygen atoms in total. The number of sulfonamides is 1. The van der Waals surface area contributed by atoms with E-state index in [-0.39, 0.29) is 6.54 Å². The molecule has 0 aliphatic carbocycles. The number of nitrogens with zero attached hydrogens (tertiary/aromatic N) is 1. The highest BCUT2D eigenvalue weighted by molar-refractivity contribution is 7.88. The third kappa shape index (κ3) is 2.49. The minimum Gasteiger partial charge on any atom is -0.481 e. The first-order chi connectivity index (χ1) is 6.82. The molecule has 0 bridgehead atoms. The van der Waals surface area contributed by atoms with Gasteiger partial charge in [0.25, 0.3) is 0 Å². The molecule has 0 spiro atoms. The molecule has 0 aromatic carbocycles. The zero-order chi connectivity index (χ0) is 11.7. The molecule has 1 atom stereocenters. The van der Waals surface area contributed by atoms with Crippen LogP contribution in [0.4, 0.5) is 0 Å². The molecular weight excluding hydrogens is 218 g/mol. The van der Waals surface area contributed by atoms with Gasteiger partial charge in [-0.15, -0.1) is 0 Å². The SMILES string of the molecule is CCC1(C(=O)O)CCCN(S(C)(=O)=O)C1. The molecule has 88 valence electrons. The predicted molar refractivity (Wildman–Crippen MR) is 56.0 cm³/mol. The normalized spacial score (nSPS) is 28.9. The van der Waals surface area contributed by atoms with Crippen LogP contribution in [0.2, 0.25) is 0 Å². The lowest BCUT2D eigenvalue weighted by Gasteiger charge is -2.37. The zero-order valence-corrected chi connectivity index (χ0v) is 9.88. The lowest BCUT2D eigenvalue weighted by atomic mass is 9.78. The second-order valence-corrected chi connectivity index (χ2v) is 6.12. The van der Waals surface area contributed by atoms with E-state index in [0.29, 0.717) is 25.8 Å². The Morgan fingerprint density at radius 2 is 2.13 bits per heavy atom. The molecule has 1 fully saturated rings. The molecule has 1 aliphatic heterocycles. The van der Waals surface area contributed by atoms with Crippen LogP contribution < -0.4 is 0 Å². The van der Waals surface area contributed by atoms with Gasteiger partial charge in [-0.25, -0.2) is 12.7 Å². The first-order valence-corrected chi connectivity index (χ1v) is 6.85. The van der Waals surface area contributed by atoms with Gasteiger partial charge in [0.05, 0.1) is 11.7 Å². The van der Waals surface area contributed by atoms with Crippen LogP contribution in [0.3, 0.4) is 0 Å². The van der Waals surface area contributed by atoms with E-state index in [0.717, 1.165) is 6.26 Å². The maximum absolute atomic E-state index is 11.3. The monoisotopic (exact) mass is 235 g/mol. The topological polar surface area (TPSA) is 74.7 Å². The molecule has 1 unspecified atom stereocenters. The van der Waals surface area contributed by atoms with Crippen LogP contribution >= 0.6 is 0 Å². The van der Waals surface area contributed by atoms with Crippen molar-refractivity contribution in [2.45, 2.75) is 26.2 Å². The van der Waals surface area contributed by atoms with Crippen LogP contribution in [0, 0.1) is 5.41 Å². The van der Waals surface area contributed by atoms with Gasteiger partial charge in [0.2, 0.25) is 10.0 Å². The van der Waals surface area contributed by atoms with Gasteiger partial charge in [-0.3, -0.25) is 4.79 Å². The highest BCUT2D eigenvalue weighted by Crippen LogP contribution is 2.34. The van der Waals surface area contributed by atoms with Crippen molar-refractivity contribution in [3.63, 3.8) is 0 Å². The van der Waals surface area contributed by atoms with Crippen LogP contribution in [0.25, 0.3) is 0 Å². The smallest absolute Gasteiger partial charge is 0.310 e. The van der Waals surface area contributed by atoms with Crippen molar-refractivity contribution in [3.05, 3.63) is 0 Å². The van der Waals surface area contributed by atoms with E-state index < -0.39 is 21.4 Å². The Kier molecular flexibility index (Phi) is 3.40. The Morgan fingerprint density at radius 3 is 2.53 bits per heavy atom. The van der Waals surface area contributed by atoms with Gasteiger partial charge in [-0.2, -0.15) is 0 Å². The number of hydrogen-bond acceptors (Lipinski definition) is 3. The van der Waals surface area contributed by atoms with E-state index in [2.05, 4.69) is 0 Å². The predicted octanol–water partition coefficient (Wildman–Crippen LogP) is 0.523. The molecule has 0 amide bonds. The number of carbonyl (C=O) groups is 1. The fourth-order valence-corrected chi connectivity index (χ4v) is 2.93. The van der Waals surface area contributed by atoms with E-state index >= 15 is 0 Å². The van der Waals surface area contributed by atoms with Crippen molar-refractivity contribution < 1.29 is 18.3 Å². The summed E-state index contributed by atoms with van der Waals surface area (Å²) in [6, 6.07) is 0. The summed E-state index contributed by atoms with van der Waals surface area (Å²) in [5.74, 6) is -0.890. The summed E-state index contributed by atoms with van der Waals surface area (Å²) in [7, 11) is -3.27. The van der Waals surface area contributed by atoms with Gasteiger partial charge in [-0.05, 0) is 19.3 Å². The van der Waals surface area contributed by atoms with E-state index in [1.54, 1.807) is 6.92 Å². The quantitative estimate of drug-likeness (QED) is 0.774. The minimum atomic E-state index is -3.27. The summed E-state index contributed by atoms with van der Waals surface area (Å²) in [6.07, 6.45) is 2.77. The third-order valence-electron chi connectivity index (χ3n) is 3.14. The summed E-state index contributed by atoms with van der Waals surface area (Å²) < 4.78 is 24.0. The van der Waals surface area contributed by atoms with Crippen molar-refractivity contribution in [1.82, 2.24) is 4.31 Å². The van der Waals surface area contributed by atoms with Gasteiger partial charge in [0.1, 0.15) is 0 Å². The number of rotatable bonds is 3. The standard InChI is InChI=1S/C9H17NO4S/c1-3-9(8(11)12)5-4-6-10(7-9)15(2,13)14/h3-7H2,1-2H3,(H,11,12). The van der Waals surface area contributed by atoms with E-state index in [1.165, 1.54) is 4.31 Å². The Balaban J connectivity index is 2.92. The summed E-state index contributed by atoms with van der Waals surface area (Å²) in [5, 5.41) is 9.15. The number of carboxylic acid groups (broad SMARTS) is 1. The average Bonchev–Trinajstić information content (AvgIpc) is 2.16. The molecule has 1 rings (SSSR count). The Morgan fingerprint density at radius 1 is 1.53 bits per heavy atom. The summed E-state index contributed by atoms with van der Waals surface area (Å²) in [4.78, 5) is 11.2. The molecule has 1 heterocycles. The average molecular weight is 235 g/mol. The molecule has 0 radical (unpaired) electrons. The highest BCUT2D eigenvalue weighted by atomic mass is 32.2. The number of aliphatic carboxylic acids is 1. The van der Waals surface area contributed by atoms with Crippen LogP contribution in [0.1, 0.15) is 26.2 Å². The van der Waals surface area contributed by atoms with E-state index in [4.69, 9.17) is 5.11 Å². The molecule has 15 heavy (non-hydrogen) atoms. The minimum absolute atomic E-state index is 0.109. The Bertz CT molecular complexity index is 351. The van der Waals surface area contributed by atoms with Crippen molar-refractivity contribution in [3.8, 4) is 0 Å². The number of hydrogen-bond donors (Lipinski definition) is 1. The lowest BCUT2D eigenvalue weighted by Crippen LogP contribution is -2.49. The van der Waals surface area contributed by atoms with Gasteiger partial charge in [0, 0.05) is 13.1 Å². The highest BCUT2D eigenvalue weighted by Gasteiger charge is 2.42. The maximum atomic E-state index is 11.3. The van der Waals surface area contributed by atoms with Gasteiger partial charge in [0.15, 0.2) is 0 Å². The molecule has 1 saturated heterocycles. The summed E-state index contributed by atoms with van der Waals surface area (Å²) in [5.41, 5.74) is -0.888. The van der Waals surface area contributed by atoms with Gasteiger partial charge < -0.3 is 5.11 Å². The molecule has 0 saturated carbocycles.